The van der Waals surface area contributed by atoms with Crippen molar-refractivity contribution in [3.05, 3.63) is 117 Å². The van der Waals surface area contributed by atoms with Gasteiger partial charge in [0.15, 0.2) is 46.5 Å². The number of carbonyl (C=O) groups excluding carboxylic acids is 2. The summed E-state index contributed by atoms with van der Waals surface area (Å²) in [5, 5.41) is 22.2. The van der Waals surface area contributed by atoms with Gasteiger partial charge in [-0.05, 0) is 48.5 Å². The summed E-state index contributed by atoms with van der Waals surface area (Å²) in [6.07, 6.45) is 0. The van der Waals surface area contributed by atoms with Crippen molar-refractivity contribution in [1.29, 1.82) is 10.5 Å². The molecule has 4 aromatic carbocycles. The average molecular weight is 602 g/mol. The van der Waals surface area contributed by atoms with E-state index < -0.39 is 80.6 Å². The molecule has 2 amide bonds. The summed E-state index contributed by atoms with van der Waals surface area (Å²) in [7, 11) is 0. The molecule has 0 heterocycles. The lowest BCUT2D eigenvalue weighted by Crippen LogP contribution is -2.19. The molecule has 2 N–H and O–H groups in total. The molecule has 43 heavy (non-hydrogen) atoms. The number of hydrogen-bond acceptors (Lipinski definition) is 5. The number of halogens is 8. The van der Waals surface area contributed by atoms with Crippen molar-refractivity contribution in [3.8, 4) is 23.6 Å². The van der Waals surface area contributed by atoms with Gasteiger partial charge in [0.1, 0.15) is 34.8 Å². The quantitative estimate of drug-likeness (QED) is 0.143. The molecule has 0 bridgehead atoms. The monoisotopic (exact) mass is 602 g/mol. The molecule has 0 saturated carbocycles. The van der Waals surface area contributed by atoms with Crippen LogP contribution < -0.4 is 15.4 Å². The zero-order valence-electron chi connectivity index (χ0n) is 20.8. The summed E-state index contributed by atoms with van der Waals surface area (Å²) < 4.78 is 115. The van der Waals surface area contributed by atoms with E-state index in [0.717, 1.165) is 12.1 Å². The molecule has 0 radical (unpaired) electrons. The second kappa shape index (κ2) is 11.9. The predicted molar refractivity (Wildman–Crippen MR) is 131 cm³/mol. The van der Waals surface area contributed by atoms with E-state index in [-0.39, 0.29) is 22.9 Å². The van der Waals surface area contributed by atoms with Crippen molar-refractivity contribution in [2.45, 2.75) is 0 Å². The van der Waals surface area contributed by atoms with Crippen LogP contribution in [0, 0.1) is 69.2 Å². The number of amides is 2. The summed E-state index contributed by atoms with van der Waals surface area (Å²) in [6, 6.07) is 12.3. The standard InChI is InChI=1S/C28H10F8N4O3/c29-19-15(9-37)17(21(31)25(35)23(19)33)27(41)39-11-1-5-13(6-2-11)43-14-7-3-12(4-8-14)40-28(42)18-16(10-38)20(30)24(34)26(36)22(18)32/h1-8H,(H,39,41)(H,40,42). The van der Waals surface area contributed by atoms with Crippen LogP contribution in [0.1, 0.15) is 31.8 Å². The van der Waals surface area contributed by atoms with Gasteiger partial charge in [-0.1, -0.05) is 0 Å². The number of carbonyl (C=O) groups is 2. The fourth-order valence-electron chi connectivity index (χ4n) is 3.64. The molecule has 216 valence electrons. The summed E-state index contributed by atoms with van der Waals surface area (Å²) >= 11 is 0. The van der Waals surface area contributed by atoms with E-state index in [0.29, 0.717) is 0 Å². The van der Waals surface area contributed by atoms with Crippen LogP contribution in [0.4, 0.5) is 46.5 Å². The lowest BCUT2D eigenvalue weighted by atomic mass is 10.1. The molecule has 0 atom stereocenters. The number of hydrogen-bond donors (Lipinski definition) is 2. The smallest absolute Gasteiger partial charge is 0.260 e. The minimum atomic E-state index is -2.27. The zero-order valence-corrected chi connectivity index (χ0v) is 20.8. The molecule has 4 rings (SSSR count). The maximum absolute atomic E-state index is 14.1. The Morgan fingerprint density at radius 2 is 0.814 bits per heavy atom. The molecule has 7 nitrogen and oxygen atoms in total. The molecule has 0 saturated heterocycles. The van der Waals surface area contributed by atoms with Crippen LogP contribution in [0.3, 0.4) is 0 Å². The first kappa shape index (κ1) is 30.0. The Morgan fingerprint density at radius 3 is 1.12 bits per heavy atom. The molecular formula is C28H10F8N4O3. The van der Waals surface area contributed by atoms with Gasteiger partial charge in [-0.2, -0.15) is 10.5 Å². The fourth-order valence-corrected chi connectivity index (χ4v) is 3.64. The average Bonchev–Trinajstić information content (AvgIpc) is 3.00. The van der Waals surface area contributed by atoms with Gasteiger partial charge in [0, 0.05) is 11.4 Å². The molecule has 0 aliphatic carbocycles. The SMILES string of the molecule is N#Cc1c(F)c(F)c(F)c(F)c1C(=O)Nc1ccc(Oc2ccc(NC(=O)c3c(F)c(F)c(F)c(F)c3C#N)cc2)cc1. The van der Waals surface area contributed by atoms with Gasteiger partial charge < -0.3 is 15.4 Å². The molecular weight excluding hydrogens is 592 g/mol. The summed E-state index contributed by atoms with van der Waals surface area (Å²) in [5.74, 6) is -19.8. The van der Waals surface area contributed by atoms with E-state index in [2.05, 4.69) is 10.6 Å². The lowest BCUT2D eigenvalue weighted by Gasteiger charge is -2.12. The number of rotatable bonds is 6. The summed E-state index contributed by atoms with van der Waals surface area (Å²) in [4.78, 5) is 24.8. The van der Waals surface area contributed by atoms with Gasteiger partial charge in [0.2, 0.25) is 0 Å². The third-order valence-corrected chi connectivity index (χ3v) is 5.67. The van der Waals surface area contributed by atoms with Crippen LogP contribution in [0.25, 0.3) is 0 Å². The Morgan fingerprint density at radius 1 is 0.512 bits per heavy atom. The molecule has 0 fully saturated rings. The molecule has 0 spiro atoms. The molecule has 15 heteroatoms. The maximum atomic E-state index is 14.1. The Bertz CT molecular complexity index is 1750. The van der Waals surface area contributed by atoms with E-state index in [1.807, 2.05) is 0 Å². The van der Waals surface area contributed by atoms with E-state index in [1.165, 1.54) is 48.5 Å². The second-order valence-electron chi connectivity index (χ2n) is 8.29. The number of nitriles is 2. The van der Waals surface area contributed by atoms with Crippen LogP contribution in [0.5, 0.6) is 11.5 Å². The van der Waals surface area contributed by atoms with Gasteiger partial charge in [-0.25, -0.2) is 35.1 Å². The third kappa shape index (κ3) is 5.64. The van der Waals surface area contributed by atoms with Gasteiger partial charge in [0.05, 0.1) is 11.1 Å². The van der Waals surface area contributed by atoms with Crippen molar-refractivity contribution in [2.75, 3.05) is 10.6 Å². The van der Waals surface area contributed by atoms with Crippen LogP contribution in [0.2, 0.25) is 0 Å². The van der Waals surface area contributed by atoms with E-state index in [4.69, 9.17) is 15.3 Å². The highest BCUT2D eigenvalue weighted by molar-refractivity contribution is 6.07. The second-order valence-corrected chi connectivity index (χ2v) is 8.29. The first-order valence-electron chi connectivity index (χ1n) is 11.4. The topological polar surface area (TPSA) is 115 Å². The highest BCUT2D eigenvalue weighted by Crippen LogP contribution is 2.28. The summed E-state index contributed by atoms with van der Waals surface area (Å²) in [6.45, 7) is 0. The van der Waals surface area contributed by atoms with Gasteiger partial charge >= 0.3 is 0 Å². The van der Waals surface area contributed by atoms with Crippen LogP contribution >= 0.6 is 0 Å². The Labute approximate surface area is 235 Å². The summed E-state index contributed by atoms with van der Waals surface area (Å²) in [5.41, 5.74) is -5.43. The van der Waals surface area contributed by atoms with E-state index in [1.54, 1.807) is 0 Å². The van der Waals surface area contributed by atoms with E-state index >= 15 is 0 Å². The van der Waals surface area contributed by atoms with Crippen molar-refractivity contribution < 1.29 is 49.4 Å². The van der Waals surface area contributed by atoms with Crippen molar-refractivity contribution in [1.82, 2.24) is 0 Å². The molecule has 4 aromatic rings. The van der Waals surface area contributed by atoms with Crippen LogP contribution in [-0.2, 0) is 0 Å². The maximum Gasteiger partial charge on any atom is 0.260 e. The molecule has 0 unspecified atom stereocenters. The Hall–Kier alpha value is -5.96. The fraction of sp³-hybridized carbons (Fsp3) is 0. The number of nitrogens with zero attached hydrogens (tertiary/aromatic N) is 2. The number of ether oxygens (including phenoxy) is 1. The predicted octanol–water partition coefficient (Wildman–Crippen LogP) is 6.84. The Kier molecular flexibility index (Phi) is 8.29. The number of benzene rings is 4. The van der Waals surface area contributed by atoms with Gasteiger partial charge in [0.25, 0.3) is 11.8 Å². The van der Waals surface area contributed by atoms with Gasteiger partial charge in [-0.15, -0.1) is 0 Å². The molecule has 0 aliphatic rings. The van der Waals surface area contributed by atoms with Crippen LogP contribution in [-0.4, -0.2) is 11.8 Å². The van der Waals surface area contributed by atoms with Crippen molar-refractivity contribution in [3.63, 3.8) is 0 Å². The third-order valence-electron chi connectivity index (χ3n) is 5.67. The Balaban J connectivity index is 1.45. The normalized spacial score (nSPS) is 10.5. The first-order valence-corrected chi connectivity index (χ1v) is 11.4. The first-order chi connectivity index (χ1) is 20.4. The minimum absolute atomic E-state index is 0.0403. The number of nitrogens with one attached hydrogen (secondary N) is 2. The van der Waals surface area contributed by atoms with E-state index in [9.17, 15) is 44.7 Å². The molecule has 0 aliphatic heterocycles. The lowest BCUT2D eigenvalue weighted by molar-refractivity contribution is 0.101. The van der Waals surface area contributed by atoms with Crippen molar-refractivity contribution >= 4 is 23.2 Å². The number of anilines is 2. The highest BCUT2D eigenvalue weighted by Gasteiger charge is 2.30. The van der Waals surface area contributed by atoms with Crippen LogP contribution in [0.15, 0.2) is 48.5 Å². The minimum Gasteiger partial charge on any atom is -0.457 e. The molecule has 0 aromatic heterocycles. The van der Waals surface area contributed by atoms with Crippen molar-refractivity contribution in [2.24, 2.45) is 0 Å². The zero-order chi connectivity index (χ0) is 31.6. The largest absolute Gasteiger partial charge is 0.457 e. The highest BCUT2D eigenvalue weighted by atomic mass is 19.2. The van der Waals surface area contributed by atoms with Gasteiger partial charge in [-0.3, -0.25) is 9.59 Å².